The minimum atomic E-state index is -4.74. The van der Waals surface area contributed by atoms with Crippen LogP contribution in [0.2, 0.25) is 0 Å². The maximum atomic E-state index is 12.5. The quantitative estimate of drug-likeness (QED) is 0.440. The summed E-state index contributed by atoms with van der Waals surface area (Å²) < 4.78 is 43.0. The Morgan fingerprint density at radius 3 is 2.63 bits per heavy atom. The third kappa shape index (κ3) is 4.00. The molecular weight excluding hydrogens is 395 g/mol. The smallest absolute Gasteiger partial charge is 0.406 e. The highest BCUT2D eigenvalue weighted by Crippen LogP contribution is 2.29. The summed E-state index contributed by atoms with van der Waals surface area (Å²) in [4.78, 5) is 3.89. The standard InChI is InChI=1S/C21H16F3N5O/c1-13-10-16(30-21(22,23)24)6-7-17(13)18-8-9-19-26-27-20(29(19)28-18)15-5-3-4-14(11-15)12-25-2/h3-11H,2,12H2,1H3. The molecule has 0 unspecified atom stereocenters. The zero-order valence-corrected chi connectivity index (χ0v) is 15.9. The summed E-state index contributed by atoms with van der Waals surface area (Å²) in [6.45, 7) is 5.69. The number of rotatable bonds is 5. The van der Waals surface area contributed by atoms with Gasteiger partial charge in [0.15, 0.2) is 11.5 Å². The molecule has 0 atom stereocenters. The van der Waals surface area contributed by atoms with Crippen molar-refractivity contribution in [3.8, 4) is 28.4 Å². The fourth-order valence-electron chi connectivity index (χ4n) is 3.17. The Labute approximate surface area is 169 Å². The number of halogens is 3. The monoisotopic (exact) mass is 411 g/mol. The van der Waals surface area contributed by atoms with Crippen LogP contribution in [0.15, 0.2) is 59.6 Å². The van der Waals surface area contributed by atoms with Gasteiger partial charge in [-0.3, -0.25) is 4.99 Å². The molecule has 0 bridgehead atoms. The van der Waals surface area contributed by atoms with Crippen molar-refractivity contribution in [2.45, 2.75) is 19.8 Å². The molecular formula is C21H16F3N5O. The van der Waals surface area contributed by atoms with Gasteiger partial charge in [0.2, 0.25) is 0 Å². The van der Waals surface area contributed by atoms with E-state index in [0.717, 1.165) is 11.1 Å². The van der Waals surface area contributed by atoms with Gasteiger partial charge in [-0.1, -0.05) is 18.2 Å². The number of aromatic nitrogens is 4. The van der Waals surface area contributed by atoms with Crippen molar-refractivity contribution < 1.29 is 17.9 Å². The van der Waals surface area contributed by atoms with Gasteiger partial charge in [-0.25, -0.2) is 0 Å². The van der Waals surface area contributed by atoms with Crippen LogP contribution >= 0.6 is 0 Å². The van der Waals surface area contributed by atoms with Gasteiger partial charge >= 0.3 is 6.36 Å². The van der Waals surface area contributed by atoms with Gasteiger partial charge < -0.3 is 4.74 Å². The zero-order chi connectivity index (χ0) is 21.3. The number of hydrogen-bond donors (Lipinski definition) is 0. The van der Waals surface area contributed by atoms with Crippen LogP contribution in [0.3, 0.4) is 0 Å². The maximum absolute atomic E-state index is 12.5. The minimum absolute atomic E-state index is 0.276. The van der Waals surface area contributed by atoms with Crippen LogP contribution in [-0.2, 0) is 6.54 Å². The van der Waals surface area contributed by atoms with E-state index in [-0.39, 0.29) is 5.75 Å². The molecule has 0 radical (unpaired) electrons. The highest BCUT2D eigenvalue weighted by atomic mass is 19.4. The molecule has 2 heterocycles. The Kier molecular flexibility index (Phi) is 4.94. The molecule has 4 rings (SSSR count). The van der Waals surface area contributed by atoms with Crippen molar-refractivity contribution in [3.63, 3.8) is 0 Å². The second-order valence-corrected chi connectivity index (χ2v) is 6.62. The first-order valence-corrected chi connectivity index (χ1v) is 8.95. The number of aliphatic imine (C=N–C) groups is 1. The first-order chi connectivity index (χ1) is 14.3. The summed E-state index contributed by atoms with van der Waals surface area (Å²) in [5, 5.41) is 13.0. The van der Waals surface area contributed by atoms with Gasteiger partial charge in [0.05, 0.1) is 12.2 Å². The lowest BCUT2D eigenvalue weighted by Crippen LogP contribution is -2.17. The Hall–Kier alpha value is -3.75. The van der Waals surface area contributed by atoms with E-state index < -0.39 is 6.36 Å². The van der Waals surface area contributed by atoms with Crippen molar-refractivity contribution in [3.05, 3.63) is 65.7 Å². The van der Waals surface area contributed by atoms with Crippen LogP contribution in [0.5, 0.6) is 5.75 Å². The molecule has 0 spiro atoms. The summed E-state index contributed by atoms with van der Waals surface area (Å²) in [6.07, 6.45) is -4.74. The number of alkyl halides is 3. The molecule has 4 aromatic rings. The molecule has 0 fully saturated rings. The normalized spacial score (nSPS) is 11.6. The summed E-state index contributed by atoms with van der Waals surface area (Å²) in [5.74, 6) is 0.273. The molecule has 0 saturated carbocycles. The molecule has 2 aromatic carbocycles. The third-order valence-electron chi connectivity index (χ3n) is 4.45. The average molecular weight is 411 g/mol. The Morgan fingerprint density at radius 2 is 1.90 bits per heavy atom. The molecule has 0 saturated heterocycles. The van der Waals surface area contributed by atoms with E-state index in [0.29, 0.717) is 34.8 Å². The van der Waals surface area contributed by atoms with E-state index in [1.807, 2.05) is 24.3 Å². The van der Waals surface area contributed by atoms with Gasteiger partial charge in [-0.2, -0.15) is 9.61 Å². The summed E-state index contributed by atoms with van der Waals surface area (Å²) in [7, 11) is 0. The van der Waals surface area contributed by atoms with Crippen molar-refractivity contribution in [1.82, 2.24) is 19.8 Å². The van der Waals surface area contributed by atoms with E-state index in [2.05, 4.69) is 31.7 Å². The van der Waals surface area contributed by atoms with Crippen molar-refractivity contribution in [1.29, 1.82) is 0 Å². The molecule has 30 heavy (non-hydrogen) atoms. The minimum Gasteiger partial charge on any atom is -0.406 e. The summed E-state index contributed by atoms with van der Waals surface area (Å²) in [5.41, 5.74) is 4.19. The number of ether oxygens (including phenoxy) is 1. The van der Waals surface area contributed by atoms with Crippen LogP contribution in [0.25, 0.3) is 28.3 Å². The Bertz CT molecular complexity index is 1230. The van der Waals surface area contributed by atoms with Gasteiger partial charge in [0.1, 0.15) is 5.75 Å². The lowest BCUT2D eigenvalue weighted by Gasteiger charge is -2.11. The van der Waals surface area contributed by atoms with Gasteiger partial charge in [0.25, 0.3) is 0 Å². The number of hydrogen-bond acceptors (Lipinski definition) is 5. The van der Waals surface area contributed by atoms with Crippen LogP contribution in [0.4, 0.5) is 13.2 Å². The lowest BCUT2D eigenvalue weighted by molar-refractivity contribution is -0.274. The first-order valence-electron chi connectivity index (χ1n) is 8.95. The largest absolute Gasteiger partial charge is 0.573 e. The van der Waals surface area contributed by atoms with Crippen LogP contribution in [0, 0.1) is 6.92 Å². The van der Waals surface area contributed by atoms with Crippen molar-refractivity contribution in [2.24, 2.45) is 4.99 Å². The topological polar surface area (TPSA) is 64.7 Å². The van der Waals surface area contributed by atoms with Crippen molar-refractivity contribution >= 4 is 12.4 Å². The SMILES string of the molecule is C=NCc1cccc(-c2nnc3ccc(-c4ccc(OC(F)(F)F)cc4C)nn23)c1. The highest BCUT2D eigenvalue weighted by Gasteiger charge is 2.31. The van der Waals surface area contributed by atoms with E-state index in [4.69, 9.17) is 0 Å². The highest BCUT2D eigenvalue weighted by molar-refractivity contribution is 5.67. The molecule has 0 aliphatic carbocycles. The number of benzene rings is 2. The van der Waals surface area contributed by atoms with E-state index >= 15 is 0 Å². The molecule has 0 aliphatic heterocycles. The molecule has 9 heteroatoms. The molecule has 0 amide bonds. The van der Waals surface area contributed by atoms with Crippen molar-refractivity contribution in [2.75, 3.05) is 0 Å². The van der Waals surface area contributed by atoms with E-state index in [1.54, 1.807) is 29.6 Å². The fraction of sp³-hybridized carbons (Fsp3) is 0.143. The zero-order valence-electron chi connectivity index (χ0n) is 15.9. The fourth-order valence-corrected chi connectivity index (χ4v) is 3.17. The predicted octanol–water partition coefficient (Wildman–Crippen LogP) is 4.87. The Morgan fingerprint density at radius 1 is 1.07 bits per heavy atom. The first kappa shape index (κ1) is 19.6. The molecule has 152 valence electrons. The van der Waals surface area contributed by atoms with E-state index in [1.165, 1.54) is 12.1 Å². The predicted molar refractivity (Wildman–Crippen MR) is 106 cm³/mol. The van der Waals surface area contributed by atoms with Gasteiger partial charge in [-0.15, -0.1) is 23.4 Å². The third-order valence-corrected chi connectivity index (χ3v) is 4.45. The number of nitrogens with zero attached hydrogens (tertiary/aromatic N) is 5. The average Bonchev–Trinajstić information content (AvgIpc) is 3.10. The lowest BCUT2D eigenvalue weighted by atomic mass is 10.1. The maximum Gasteiger partial charge on any atom is 0.573 e. The van der Waals surface area contributed by atoms with Crippen LogP contribution < -0.4 is 4.74 Å². The molecule has 0 aliphatic rings. The number of fused-ring (bicyclic) bond motifs is 1. The molecule has 0 N–H and O–H groups in total. The Balaban J connectivity index is 1.75. The van der Waals surface area contributed by atoms with Crippen LogP contribution in [0.1, 0.15) is 11.1 Å². The summed E-state index contributed by atoms with van der Waals surface area (Å²) in [6, 6.07) is 15.3. The number of aryl methyl sites for hydroxylation is 1. The second kappa shape index (κ2) is 7.58. The second-order valence-electron chi connectivity index (χ2n) is 6.62. The summed E-state index contributed by atoms with van der Waals surface area (Å²) >= 11 is 0. The van der Waals surface area contributed by atoms with Crippen LogP contribution in [-0.4, -0.2) is 32.9 Å². The van der Waals surface area contributed by atoms with Gasteiger partial charge in [-0.05, 0) is 61.2 Å². The van der Waals surface area contributed by atoms with Gasteiger partial charge in [0, 0.05) is 11.1 Å². The molecule has 6 nitrogen and oxygen atoms in total. The van der Waals surface area contributed by atoms with E-state index in [9.17, 15) is 13.2 Å². The molecule has 2 aromatic heterocycles.